The van der Waals surface area contributed by atoms with Gasteiger partial charge in [-0.3, -0.25) is 4.79 Å². The van der Waals surface area contributed by atoms with E-state index in [4.69, 9.17) is 15.9 Å². The molecule has 6 heteroatoms. The summed E-state index contributed by atoms with van der Waals surface area (Å²) in [7, 11) is 3.17. The molecule has 0 atom stereocenters. The highest BCUT2D eigenvalue weighted by Gasteiger charge is 2.13. The molecule has 144 valence electrons. The van der Waals surface area contributed by atoms with Crippen LogP contribution in [0.15, 0.2) is 41.4 Å². The van der Waals surface area contributed by atoms with Crippen LogP contribution in [0.2, 0.25) is 0 Å². The van der Waals surface area contributed by atoms with E-state index in [0.29, 0.717) is 22.8 Å². The van der Waals surface area contributed by atoms with Crippen LogP contribution >= 0.6 is 11.3 Å². The van der Waals surface area contributed by atoms with Crippen LogP contribution in [-0.4, -0.2) is 24.7 Å². The number of carbonyl (C=O) groups is 1. The molecule has 28 heavy (non-hydrogen) atoms. The number of aromatic nitrogens is 1. The number of hydrogen-bond donors (Lipinski definition) is 0. The average molecular weight is 394 g/mol. The smallest absolute Gasteiger partial charge is 0.252 e. The van der Waals surface area contributed by atoms with E-state index in [9.17, 15) is 4.79 Å². The van der Waals surface area contributed by atoms with E-state index in [1.807, 2.05) is 41.0 Å². The summed E-state index contributed by atoms with van der Waals surface area (Å²) < 4.78 is 13.5. The van der Waals surface area contributed by atoms with Gasteiger partial charge in [-0.15, -0.1) is 6.42 Å². The lowest BCUT2D eigenvalue weighted by Crippen LogP contribution is -2.17. The van der Waals surface area contributed by atoms with Crippen LogP contribution in [0.1, 0.15) is 18.1 Å². The van der Waals surface area contributed by atoms with Gasteiger partial charge in [-0.05, 0) is 17.5 Å². The molecule has 0 saturated heterocycles. The third-order valence-corrected chi connectivity index (χ3v) is 5.49. The molecule has 2 aromatic carbocycles. The number of terminal acetylenes is 1. The number of nitrogens with zero attached hydrogens (tertiary/aromatic N) is 2. The number of methoxy groups -OCH3 is 2. The number of rotatable bonds is 6. The molecule has 1 aromatic heterocycles. The zero-order valence-corrected chi connectivity index (χ0v) is 17.0. The molecule has 0 bridgehead atoms. The number of aryl methyl sites for hydroxylation is 1. The zero-order chi connectivity index (χ0) is 20.1. The van der Waals surface area contributed by atoms with Gasteiger partial charge in [-0.1, -0.05) is 48.4 Å². The van der Waals surface area contributed by atoms with Crippen molar-refractivity contribution in [3.05, 3.63) is 52.3 Å². The summed E-state index contributed by atoms with van der Waals surface area (Å²) in [5.41, 5.74) is 3.05. The number of hydrogen-bond acceptors (Lipinski definition) is 4. The van der Waals surface area contributed by atoms with Crippen molar-refractivity contribution in [3.63, 3.8) is 0 Å². The normalized spacial score (nSPS) is 11.4. The number of benzene rings is 2. The lowest BCUT2D eigenvalue weighted by atomic mass is 10.1. The van der Waals surface area contributed by atoms with E-state index in [1.54, 1.807) is 14.2 Å². The molecule has 0 aliphatic rings. The lowest BCUT2D eigenvalue weighted by molar-refractivity contribution is -0.117. The Bertz CT molecular complexity index is 1100. The molecule has 0 saturated carbocycles. The molecule has 1 amide bonds. The molecule has 0 N–H and O–H groups in total. The Morgan fingerprint density at radius 2 is 1.79 bits per heavy atom. The number of fused-ring (bicyclic) bond motifs is 1. The molecule has 0 radical (unpaired) electrons. The molecule has 1 heterocycles. The van der Waals surface area contributed by atoms with Crippen molar-refractivity contribution in [2.45, 2.75) is 26.3 Å². The predicted molar refractivity (Wildman–Crippen MR) is 112 cm³/mol. The molecule has 5 nitrogen and oxygen atoms in total. The van der Waals surface area contributed by atoms with Gasteiger partial charge in [0.2, 0.25) is 0 Å². The van der Waals surface area contributed by atoms with Crippen molar-refractivity contribution in [2.24, 2.45) is 4.99 Å². The Balaban J connectivity index is 2.01. The third kappa shape index (κ3) is 4.10. The van der Waals surface area contributed by atoms with Gasteiger partial charge in [-0.25, -0.2) is 0 Å². The van der Waals surface area contributed by atoms with Gasteiger partial charge < -0.3 is 14.0 Å². The Morgan fingerprint density at radius 3 is 2.39 bits per heavy atom. The van der Waals surface area contributed by atoms with Crippen molar-refractivity contribution in [1.29, 1.82) is 0 Å². The van der Waals surface area contributed by atoms with Crippen LogP contribution in [0.5, 0.6) is 11.5 Å². The minimum absolute atomic E-state index is 0.208. The largest absolute Gasteiger partial charge is 0.493 e. The topological polar surface area (TPSA) is 52.8 Å². The number of carbonyl (C=O) groups excluding carboxylic acids is 1. The molecule has 0 unspecified atom stereocenters. The van der Waals surface area contributed by atoms with Gasteiger partial charge in [0, 0.05) is 12.1 Å². The summed E-state index contributed by atoms with van der Waals surface area (Å²) >= 11 is 1.40. The highest BCUT2D eigenvalue weighted by Crippen LogP contribution is 2.33. The minimum Gasteiger partial charge on any atom is -0.493 e. The van der Waals surface area contributed by atoms with Gasteiger partial charge in [0.05, 0.1) is 37.4 Å². The summed E-state index contributed by atoms with van der Waals surface area (Å²) in [6.45, 7) is 2.41. The third-order valence-electron chi connectivity index (χ3n) is 4.44. The summed E-state index contributed by atoms with van der Waals surface area (Å²) in [4.78, 5) is 17.4. The van der Waals surface area contributed by atoms with E-state index < -0.39 is 0 Å². The van der Waals surface area contributed by atoms with Crippen molar-refractivity contribution in [1.82, 2.24) is 4.57 Å². The number of thiazole rings is 1. The zero-order valence-electron chi connectivity index (χ0n) is 16.2. The first-order chi connectivity index (χ1) is 13.6. The summed E-state index contributed by atoms with van der Waals surface area (Å²) in [5, 5.41) is 0. The van der Waals surface area contributed by atoms with Crippen molar-refractivity contribution in [3.8, 4) is 23.8 Å². The van der Waals surface area contributed by atoms with Crippen LogP contribution in [0.4, 0.5) is 0 Å². The quantitative estimate of drug-likeness (QED) is 0.601. The molecule has 0 fully saturated rings. The molecular formula is C22H22N2O3S. The standard InChI is InChI=1S/C22H22N2O3S/c1-5-11-24-17-13-18(26-3)19(27-4)14-20(17)28-22(24)23-21(25)12-16-9-7-15(6-2)8-10-16/h1,7-10,13-14H,6,11-12H2,2-4H3. The average Bonchev–Trinajstić information content (AvgIpc) is 3.03. The minimum atomic E-state index is -0.208. The van der Waals surface area contributed by atoms with Crippen LogP contribution in [0, 0.1) is 12.3 Å². The maximum Gasteiger partial charge on any atom is 0.252 e. The molecule has 3 rings (SSSR count). The monoisotopic (exact) mass is 394 g/mol. The molecule has 3 aromatic rings. The Kier molecular flexibility index (Phi) is 6.17. The van der Waals surface area contributed by atoms with Gasteiger partial charge in [0.25, 0.3) is 5.91 Å². The maximum absolute atomic E-state index is 12.5. The van der Waals surface area contributed by atoms with Gasteiger partial charge in [0.15, 0.2) is 16.3 Å². The number of amides is 1. The van der Waals surface area contributed by atoms with Crippen molar-refractivity contribution < 1.29 is 14.3 Å². The highest BCUT2D eigenvalue weighted by atomic mass is 32.1. The molecule has 0 aliphatic heterocycles. The summed E-state index contributed by atoms with van der Waals surface area (Å²) in [6, 6.07) is 11.8. The molecular weight excluding hydrogens is 372 g/mol. The summed E-state index contributed by atoms with van der Waals surface area (Å²) in [5.74, 6) is 3.65. The van der Waals surface area contributed by atoms with Crippen LogP contribution < -0.4 is 14.3 Å². The Hall–Kier alpha value is -3.04. The first kappa shape index (κ1) is 19.7. The van der Waals surface area contributed by atoms with Crippen LogP contribution in [-0.2, 0) is 24.2 Å². The Labute approximate surface area is 168 Å². The van der Waals surface area contributed by atoms with E-state index >= 15 is 0 Å². The maximum atomic E-state index is 12.5. The fraction of sp³-hybridized carbons (Fsp3) is 0.273. The van der Waals surface area contributed by atoms with Crippen molar-refractivity contribution >= 4 is 27.5 Å². The van der Waals surface area contributed by atoms with E-state index in [-0.39, 0.29) is 12.3 Å². The second-order valence-corrected chi connectivity index (χ2v) is 7.21. The molecule has 0 aliphatic carbocycles. The van der Waals surface area contributed by atoms with Gasteiger partial charge >= 0.3 is 0 Å². The number of ether oxygens (including phenoxy) is 2. The Morgan fingerprint density at radius 1 is 1.14 bits per heavy atom. The van der Waals surface area contributed by atoms with E-state index in [1.165, 1.54) is 16.9 Å². The van der Waals surface area contributed by atoms with Gasteiger partial charge in [0.1, 0.15) is 0 Å². The summed E-state index contributed by atoms with van der Waals surface area (Å²) in [6.07, 6.45) is 6.76. The fourth-order valence-electron chi connectivity index (χ4n) is 2.94. The second kappa shape index (κ2) is 8.77. The van der Waals surface area contributed by atoms with E-state index in [0.717, 1.165) is 22.2 Å². The van der Waals surface area contributed by atoms with Crippen LogP contribution in [0.25, 0.3) is 10.2 Å². The predicted octanol–water partition coefficient (Wildman–Crippen LogP) is 3.59. The first-order valence-electron chi connectivity index (χ1n) is 8.93. The van der Waals surface area contributed by atoms with Gasteiger partial charge in [-0.2, -0.15) is 4.99 Å². The first-order valence-corrected chi connectivity index (χ1v) is 9.75. The van der Waals surface area contributed by atoms with Crippen LogP contribution in [0.3, 0.4) is 0 Å². The fourth-order valence-corrected chi connectivity index (χ4v) is 4.00. The molecule has 0 spiro atoms. The van der Waals surface area contributed by atoms with E-state index in [2.05, 4.69) is 17.8 Å². The van der Waals surface area contributed by atoms with Crippen molar-refractivity contribution in [2.75, 3.05) is 14.2 Å². The second-order valence-electron chi connectivity index (χ2n) is 6.20. The highest BCUT2D eigenvalue weighted by molar-refractivity contribution is 7.16. The SMILES string of the molecule is C#CCn1c(=NC(=O)Cc2ccc(CC)cc2)sc2cc(OC)c(OC)cc21. The lowest BCUT2D eigenvalue weighted by Gasteiger charge is -2.08.